The summed E-state index contributed by atoms with van der Waals surface area (Å²) >= 11 is 0. The first-order valence-electron chi connectivity index (χ1n) is 19.1. The normalized spacial score (nSPS) is 18.2. The molecule has 1 saturated heterocycles. The molecule has 24 nitrogen and oxygen atoms in total. The van der Waals surface area contributed by atoms with E-state index in [0.29, 0.717) is 0 Å². The number of non-ortho nitro benzene ring substituents is 1. The minimum absolute atomic E-state index is 0.0818. The van der Waals surface area contributed by atoms with E-state index >= 15 is 0 Å². The van der Waals surface area contributed by atoms with E-state index in [9.17, 15) is 48.5 Å². The Hall–Kier alpha value is -7.08. The maximum Gasteiger partial charge on any atom is 0.514 e. The molecular weight excluding hydrogens is 858 g/mol. The molecule has 0 radical (unpaired) electrons. The third-order valence-corrected chi connectivity index (χ3v) is 7.70. The number of esters is 4. The van der Waals surface area contributed by atoms with Gasteiger partial charge in [0.15, 0.2) is 18.3 Å². The highest BCUT2D eigenvalue weighted by Gasteiger charge is 2.56. The number of rotatable bonds is 15. The van der Waals surface area contributed by atoms with Gasteiger partial charge in [-0.05, 0) is 71.4 Å². The number of hydrogen-bond acceptors (Lipinski definition) is 21. The van der Waals surface area contributed by atoms with Gasteiger partial charge in [0.2, 0.25) is 12.4 Å². The van der Waals surface area contributed by atoms with Crippen molar-refractivity contribution in [2.45, 2.75) is 111 Å². The summed E-state index contributed by atoms with van der Waals surface area (Å²) in [7, 11) is 0.986. The van der Waals surface area contributed by atoms with Crippen LogP contribution < -0.4 is 14.8 Å². The molecule has 64 heavy (non-hydrogen) atoms. The van der Waals surface area contributed by atoms with E-state index in [0.717, 1.165) is 40.0 Å². The molecule has 3 rings (SSSR count). The van der Waals surface area contributed by atoms with Gasteiger partial charge < -0.3 is 52.7 Å². The van der Waals surface area contributed by atoms with Crippen molar-refractivity contribution in [3.05, 3.63) is 63.7 Å². The van der Waals surface area contributed by atoms with Gasteiger partial charge in [0, 0.05) is 39.4 Å². The van der Waals surface area contributed by atoms with Crippen LogP contribution in [0.25, 0.3) is 0 Å². The van der Waals surface area contributed by atoms with Crippen molar-refractivity contribution in [3.63, 3.8) is 0 Å². The summed E-state index contributed by atoms with van der Waals surface area (Å²) in [5.41, 5.74) is -2.56. The molecule has 1 N–H and O–H groups in total. The van der Waals surface area contributed by atoms with Crippen LogP contribution in [0.15, 0.2) is 42.5 Å². The van der Waals surface area contributed by atoms with Crippen molar-refractivity contribution in [2.75, 3.05) is 20.3 Å². The molecule has 1 aliphatic rings. The number of nitrogens with zero attached hydrogens (tertiary/aromatic N) is 2. The van der Waals surface area contributed by atoms with Crippen molar-refractivity contribution in [1.29, 1.82) is 0 Å². The van der Waals surface area contributed by atoms with Gasteiger partial charge in [-0.2, -0.15) is 0 Å². The van der Waals surface area contributed by atoms with Gasteiger partial charge in [-0.15, -0.1) is 0 Å². The predicted octanol–water partition coefficient (Wildman–Crippen LogP) is 4.22. The zero-order valence-electron chi connectivity index (χ0n) is 36.5. The number of amides is 3. The summed E-state index contributed by atoms with van der Waals surface area (Å²) < 4.78 is 53.5. The molecule has 24 heteroatoms. The fraction of sp³-hybridized carbons (Fsp3) is 0.500. The number of carbonyl (C=O) groups is 8. The number of nitro groups is 1. The first-order chi connectivity index (χ1) is 29.8. The van der Waals surface area contributed by atoms with Crippen LogP contribution in [0.2, 0.25) is 0 Å². The highest BCUT2D eigenvalue weighted by Crippen LogP contribution is 2.33. The molecule has 0 spiro atoms. The van der Waals surface area contributed by atoms with Crippen LogP contribution in [-0.4, -0.2) is 120 Å². The Morgan fingerprint density at radius 3 is 1.84 bits per heavy atom. The van der Waals surface area contributed by atoms with Gasteiger partial charge in [-0.25, -0.2) is 19.2 Å². The van der Waals surface area contributed by atoms with Crippen LogP contribution in [0.3, 0.4) is 0 Å². The molecule has 5 atom stereocenters. The minimum Gasteiger partial charge on any atom is -0.467 e. The van der Waals surface area contributed by atoms with Crippen molar-refractivity contribution >= 4 is 53.8 Å². The van der Waals surface area contributed by atoms with E-state index in [4.69, 9.17) is 52.2 Å². The predicted molar refractivity (Wildman–Crippen MR) is 211 cm³/mol. The number of carbonyl (C=O) groups excluding carboxylic acids is 8. The van der Waals surface area contributed by atoms with E-state index in [1.165, 1.54) is 30.3 Å². The Labute approximate surface area is 365 Å². The molecule has 3 amide bonds. The van der Waals surface area contributed by atoms with Gasteiger partial charge in [0.05, 0.1) is 24.2 Å². The quantitative estimate of drug-likeness (QED) is 0.0653. The summed E-state index contributed by atoms with van der Waals surface area (Å²) in [5.74, 6) is -5.36. The largest absolute Gasteiger partial charge is 0.514 e. The second-order valence-corrected chi connectivity index (χ2v) is 15.4. The lowest BCUT2D eigenvalue weighted by molar-refractivity contribution is -0.384. The summed E-state index contributed by atoms with van der Waals surface area (Å²) in [6.07, 6.45) is -12.6. The number of imide groups is 1. The maximum atomic E-state index is 13.9. The molecule has 0 unspecified atom stereocenters. The Bertz CT molecular complexity index is 2030. The van der Waals surface area contributed by atoms with Gasteiger partial charge >= 0.3 is 42.2 Å². The van der Waals surface area contributed by atoms with Crippen LogP contribution in [-0.2, 0) is 68.5 Å². The topological polar surface area (TPSA) is 296 Å². The maximum absolute atomic E-state index is 13.9. The number of nitro benzene ring substituents is 1. The minimum atomic E-state index is -1.89. The Morgan fingerprint density at radius 2 is 1.33 bits per heavy atom. The number of benzene rings is 2. The second-order valence-electron chi connectivity index (χ2n) is 15.4. The average Bonchev–Trinajstić information content (AvgIpc) is 3.17. The lowest BCUT2D eigenvalue weighted by Crippen LogP contribution is -2.64. The standard InChI is InChI=1S/C40H49N3O21/c1-21(44)57-29-30(58-22(2)45)32(59-23(3)46)35(62-31(29)34(48)54-10)61-28-16-11-24(20-55-38(51)60-26-14-12-25(13-15-26)43(52)53)19-27(28)33(47)41-17-18-56-42(36(49)63-39(4,5)6)37(50)64-40(7,8)9/h11-16,19,29-32,35H,17-18,20H2,1-10H3,(H,41,47)/t29-,30-,31-,32+,35+/m0/s1. The zero-order chi connectivity index (χ0) is 48.1. The molecule has 2 aromatic carbocycles. The second kappa shape index (κ2) is 22.3. The molecule has 0 aliphatic carbocycles. The van der Waals surface area contributed by atoms with Crippen molar-refractivity contribution < 1.29 is 95.5 Å². The van der Waals surface area contributed by atoms with E-state index in [2.05, 4.69) is 5.32 Å². The lowest BCUT2D eigenvalue weighted by atomic mass is 9.97. The van der Waals surface area contributed by atoms with E-state index in [-0.39, 0.29) is 33.4 Å². The highest BCUT2D eigenvalue weighted by molar-refractivity contribution is 5.97. The Kier molecular flexibility index (Phi) is 17.9. The molecule has 0 saturated carbocycles. The fourth-order valence-corrected chi connectivity index (χ4v) is 5.33. The van der Waals surface area contributed by atoms with E-state index in [1.807, 2.05) is 0 Å². The highest BCUT2D eigenvalue weighted by atomic mass is 16.8. The van der Waals surface area contributed by atoms with E-state index < -0.39 is 115 Å². The first kappa shape index (κ1) is 51.3. The number of hydroxylamine groups is 2. The van der Waals surface area contributed by atoms with Gasteiger partial charge in [-0.1, -0.05) is 11.1 Å². The SMILES string of the molecule is COC(=O)[C@H]1O[C@@H](Oc2ccc(COC(=O)Oc3ccc([N+](=O)[O-])cc3)cc2C(=O)NCCON(C(=O)OC(C)(C)C)C(=O)OC(C)(C)C)[C@H](OC(C)=O)[C@@H](OC(C)=O)[C@@H]1OC(C)=O. The number of nitrogens with one attached hydrogen (secondary N) is 1. The lowest BCUT2D eigenvalue weighted by Gasteiger charge is -2.43. The summed E-state index contributed by atoms with van der Waals surface area (Å²) in [5, 5.41) is 13.7. The molecule has 1 heterocycles. The van der Waals surface area contributed by atoms with Gasteiger partial charge in [-0.3, -0.25) is 34.1 Å². The van der Waals surface area contributed by atoms with E-state index in [1.54, 1.807) is 41.5 Å². The van der Waals surface area contributed by atoms with Crippen LogP contribution >= 0.6 is 0 Å². The molecule has 1 fully saturated rings. The average molecular weight is 908 g/mol. The monoisotopic (exact) mass is 907 g/mol. The third-order valence-electron chi connectivity index (χ3n) is 7.70. The fourth-order valence-electron chi connectivity index (χ4n) is 5.33. The summed E-state index contributed by atoms with van der Waals surface area (Å²) in [6.45, 7) is 10.8. The smallest absolute Gasteiger partial charge is 0.467 e. The van der Waals surface area contributed by atoms with Crippen LogP contribution in [0.1, 0.15) is 78.2 Å². The van der Waals surface area contributed by atoms with Crippen LogP contribution in [0.5, 0.6) is 11.5 Å². The molecule has 350 valence electrons. The Balaban J connectivity index is 1.99. The zero-order valence-corrected chi connectivity index (χ0v) is 36.5. The van der Waals surface area contributed by atoms with Crippen LogP contribution in [0, 0.1) is 10.1 Å². The molecule has 2 aromatic rings. The van der Waals surface area contributed by atoms with Crippen molar-refractivity contribution in [2.24, 2.45) is 0 Å². The van der Waals surface area contributed by atoms with Crippen molar-refractivity contribution in [3.8, 4) is 11.5 Å². The van der Waals surface area contributed by atoms with Gasteiger partial charge in [0.25, 0.3) is 11.6 Å². The summed E-state index contributed by atoms with van der Waals surface area (Å²) in [4.78, 5) is 118. The molecule has 0 aromatic heterocycles. The number of hydrogen-bond donors (Lipinski definition) is 1. The molecule has 1 aliphatic heterocycles. The third kappa shape index (κ3) is 16.0. The molecular formula is C40H49N3O21. The number of ether oxygens (including phenoxy) is 10. The van der Waals surface area contributed by atoms with Crippen molar-refractivity contribution in [1.82, 2.24) is 10.4 Å². The summed E-state index contributed by atoms with van der Waals surface area (Å²) in [6, 6.07) is 8.23. The van der Waals surface area contributed by atoms with Crippen LogP contribution in [0.4, 0.5) is 20.1 Å². The first-order valence-corrected chi connectivity index (χ1v) is 19.1. The molecule has 0 bridgehead atoms. The Morgan fingerprint density at radius 1 is 0.781 bits per heavy atom. The number of methoxy groups -OCH3 is 1. The van der Waals surface area contributed by atoms with Gasteiger partial charge in [0.1, 0.15) is 29.3 Å².